The molecule has 0 aliphatic carbocycles. The molecule has 6 heteroatoms. The highest BCUT2D eigenvalue weighted by Gasteiger charge is 2.35. The fraction of sp³-hybridized carbons (Fsp3) is 0.600. The van der Waals surface area contributed by atoms with Gasteiger partial charge in [-0.05, 0) is 44.5 Å². The zero-order chi connectivity index (χ0) is 16.0. The Morgan fingerprint density at radius 1 is 1.29 bits per heavy atom. The molecule has 0 spiro atoms. The molecule has 0 heterocycles. The summed E-state index contributed by atoms with van der Waals surface area (Å²) < 4.78 is 45.6. The summed E-state index contributed by atoms with van der Waals surface area (Å²) in [5, 5.41) is 3.13. The van der Waals surface area contributed by atoms with Crippen molar-refractivity contribution < 1.29 is 17.9 Å². The molecule has 2 nitrogen and oxygen atoms in total. The van der Waals surface area contributed by atoms with Crippen LogP contribution in [0.25, 0.3) is 0 Å². The molecule has 0 aliphatic heterocycles. The van der Waals surface area contributed by atoms with Crippen LogP contribution in [0.3, 0.4) is 0 Å². The Bertz CT molecular complexity index is 449. The molecule has 1 aromatic carbocycles. The quantitative estimate of drug-likeness (QED) is 0.737. The van der Waals surface area contributed by atoms with Crippen LogP contribution in [0.2, 0.25) is 0 Å². The Hall–Kier alpha value is -0.590. The van der Waals surface area contributed by atoms with E-state index in [2.05, 4.69) is 21.2 Å². The van der Waals surface area contributed by atoms with Crippen LogP contribution in [0, 0.1) is 0 Å². The summed E-state index contributed by atoms with van der Waals surface area (Å²) in [5.41, 5.74) is -0.405. The topological polar surface area (TPSA) is 21.3 Å². The van der Waals surface area contributed by atoms with Crippen molar-refractivity contribution in [2.75, 3.05) is 13.2 Å². The third-order valence-electron chi connectivity index (χ3n) is 2.93. The highest BCUT2D eigenvalue weighted by molar-refractivity contribution is 9.10. The van der Waals surface area contributed by atoms with E-state index in [0.29, 0.717) is 11.0 Å². The highest BCUT2D eigenvalue weighted by Crippen LogP contribution is 2.36. The number of rotatable bonds is 7. The maximum atomic E-state index is 13.2. The van der Waals surface area contributed by atoms with Gasteiger partial charge in [-0.1, -0.05) is 28.9 Å². The van der Waals surface area contributed by atoms with E-state index < -0.39 is 17.8 Å². The predicted octanol–water partition coefficient (Wildman–Crippen LogP) is 4.93. The standard InChI is InChI=1S/C15H21BrF3NO/c1-4-7-20-14(9-21-10(2)3)12-6-5-11(16)8-13(12)15(17,18)19/h5-6,8,10,14,20H,4,7,9H2,1-3H3. The average molecular weight is 368 g/mol. The molecular weight excluding hydrogens is 347 g/mol. The lowest BCUT2D eigenvalue weighted by Gasteiger charge is -2.24. The van der Waals surface area contributed by atoms with Gasteiger partial charge in [-0.3, -0.25) is 0 Å². The molecule has 0 aromatic heterocycles. The molecule has 1 rings (SSSR count). The fourth-order valence-corrected chi connectivity index (χ4v) is 2.30. The average Bonchev–Trinajstić information content (AvgIpc) is 2.38. The van der Waals surface area contributed by atoms with Gasteiger partial charge in [0.25, 0.3) is 0 Å². The third kappa shape index (κ3) is 5.96. The molecule has 0 radical (unpaired) electrons. The zero-order valence-corrected chi connectivity index (χ0v) is 14.0. The molecule has 0 saturated carbocycles. The summed E-state index contributed by atoms with van der Waals surface area (Å²) in [4.78, 5) is 0. The second-order valence-corrected chi connectivity index (χ2v) is 6.03. The molecule has 0 amide bonds. The lowest BCUT2D eigenvalue weighted by molar-refractivity contribution is -0.138. The van der Waals surface area contributed by atoms with Crippen LogP contribution >= 0.6 is 15.9 Å². The van der Waals surface area contributed by atoms with Crippen molar-refractivity contribution in [1.82, 2.24) is 5.32 Å². The van der Waals surface area contributed by atoms with Gasteiger partial charge < -0.3 is 10.1 Å². The lowest BCUT2D eigenvalue weighted by Crippen LogP contribution is -2.29. The number of hydrogen-bond acceptors (Lipinski definition) is 2. The van der Waals surface area contributed by atoms with E-state index in [1.807, 2.05) is 20.8 Å². The van der Waals surface area contributed by atoms with Crippen LogP contribution in [-0.4, -0.2) is 19.3 Å². The molecule has 0 bridgehead atoms. The molecule has 1 unspecified atom stereocenters. The molecule has 1 aromatic rings. The minimum absolute atomic E-state index is 0.0271. The van der Waals surface area contributed by atoms with Crippen molar-refractivity contribution in [1.29, 1.82) is 0 Å². The Morgan fingerprint density at radius 2 is 1.95 bits per heavy atom. The Morgan fingerprint density at radius 3 is 2.48 bits per heavy atom. The summed E-state index contributed by atoms with van der Waals surface area (Å²) in [7, 11) is 0. The first-order valence-electron chi connectivity index (χ1n) is 6.97. The van der Waals surface area contributed by atoms with Gasteiger partial charge in [0.2, 0.25) is 0 Å². The Labute approximate surface area is 132 Å². The van der Waals surface area contributed by atoms with Gasteiger partial charge in [-0.15, -0.1) is 0 Å². The van der Waals surface area contributed by atoms with Gasteiger partial charge in [-0.2, -0.15) is 13.2 Å². The van der Waals surface area contributed by atoms with Crippen LogP contribution in [0.4, 0.5) is 13.2 Å². The largest absolute Gasteiger partial charge is 0.416 e. The van der Waals surface area contributed by atoms with Crippen molar-refractivity contribution in [3.63, 3.8) is 0 Å². The normalized spacial score (nSPS) is 13.7. The lowest BCUT2D eigenvalue weighted by atomic mass is 10.00. The van der Waals surface area contributed by atoms with Crippen LogP contribution < -0.4 is 5.32 Å². The van der Waals surface area contributed by atoms with Crippen molar-refractivity contribution in [2.24, 2.45) is 0 Å². The predicted molar refractivity (Wildman–Crippen MR) is 81.3 cm³/mol. The monoisotopic (exact) mass is 367 g/mol. The maximum Gasteiger partial charge on any atom is 0.416 e. The number of ether oxygens (including phenoxy) is 1. The van der Waals surface area contributed by atoms with E-state index in [1.165, 1.54) is 6.07 Å². The second-order valence-electron chi connectivity index (χ2n) is 5.12. The van der Waals surface area contributed by atoms with Crippen molar-refractivity contribution in [2.45, 2.75) is 45.5 Å². The molecule has 1 N–H and O–H groups in total. The first kappa shape index (κ1) is 18.5. The third-order valence-corrected chi connectivity index (χ3v) is 3.43. The summed E-state index contributed by atoms with van der Waals surface area (Å²) in [6.45, 7) is 6.55. The van der Waals surface area contributed by atoms with E-state index in [1.54, 1.807) is 6.07 Å². The smallest absolute Gasteiger partial charge is 0.377 e. The van der Waals surface area contributed by atoms with Crippen LogP contribution in [0.5, 0.6) is 0 Å². The molecule has 1 atom stereocenters. The van der Waals surface area contributed by atoms with E-state index >= 15 is 0 Å². The SMILES string of the molecule is CCCNC(COC(C)C)c1ccc(Br)cc1C(F)(F)F. The van der Waals surface area contributed by atoms with E-state index in [-0.39, 0.29) is 18.3 Å². The van der Waals surface area contributed by atoms with Gasteiger partial charge in [0.1, 0.15) is 0 Å². The molecular formula is C15H21BrF3NO. The molecule has 120 valence electrons. The first-order chi connectivity index (χ1) is 9.75. The highest BCUT2D eigenvalue weighted by atomic mass is 79.9. The van der Waals surface area contributed by atoms with Crippen molar-refractivity contribution in [3.8, 4) is 0 Å². The van der Waals surface area contributed by atoms with E-state index in [4.69, 9.17) is 4.74 Å². The van der Waals surface area contributed by atoms with Gasteiger partial charge in [0.05, 0.1) is 24.3 Å². The molecule has 0 aliphatic rings. The minimum atomic E-state index is -4.39. The van der Waals surface area contributed by atoms with Gasteiger partial charge in [-0.25, -0.2) is 0 Å². The summed E-state index contributed by atoms with van der Waals surface area (Å²) >= 11 is 3.10. The number of halogens is 4. The van der Waals surface area contributed by atoms with Crippen molar-refractivity contribution >= 4 is 15.9 Å². The van der Waals surface area contributed by atoms with Crippen LogP contribution in [0.15, 0.2) is 22.7 Å². The molecule has 0 saturated heterocycles. The Balaban J connectivity index is 3.10. The summed E-state index contributed by atoms with van der Waals surface area (Å²) in [6, 6.07) is 3.77. The summed E-state index contributed by atoms with van der Waals surface area (Å²) in [6.07, 6.45) is -3.57. The second kappa shape index (κ2) is 8.15. The van der Waals surface area contributed by atoms with Crippen LogP contribution in [-0.2, 0) is 10.9 Å². The van der Waals surface area contributed by atoms with Crippen molar-refractivity contribution in [3.05, 3.63) is 33.8 Å². The Kier molecular flexibility index (Phi) is 7.16. The maximum absolute atomic E-state index is 13.2. The summed E-state index contributed by atoms with van der Waals surface area (Å²) in [5.74, 6) is 0. The number of benzene rings is 1. The molecule has 0 fully saturated rings. The minimum Gasteiger partial charge on any atom is -0.377 e. The van der Waals surface area contributed by atoms with Gasteiger partial charge in [0.15, 0.2) is 0 Å². The van der Waals surface area contributed by atoms with Gasteiger partial charge >= 0.3 is 6.18 Å². The number of alkyl halides is 3. The van der Waals surface area contributed by atoms with Gasteiger partial charge in [0, 0.05) is 4.47 Å². The number of nitrogens with one attached hydrogen (secondary N) is 1. The fourth-order valence-electron chi connectivity index (χ4n) is 1.94. The first-order valence-corrected chi connectivity index (χ1v) is 7.76. The van der Waals surface area contributed by atoms with E-state index in [9.17, 15) is 13.2 Å². The van der Waals surface area contributed by atoms with E-state index in [0.717, 1.165) is 12.5 Å². The molecule has 21 heavy (non-hydrogen) atoms. The zero-order valence-electron chi connectivity index (χ0n) is 12.4. The number of hydrogen-bond donors (Lipinski definition) is 1. The van der Waals surface area contributed by atoms with Crippen LogP contribution in [0.1, 0.15) is 44.4 Å².